The number of rotatable bonds is 8. The molecule has 102 valence electrons. The quantitative estimate of drug-likeness (QED) is 0.577. The second kappa shape index (κ2) is 7.30. The Morgan fingerprint density at radius 3 is 2.47 bits per heavy atom. The maximum Gasteiger partial charge on any atom is 0.261 e. The third kappa shape index (κ3) is 5.80. The standard InChI is InChI=1S/C14H27F2N/c1-3-5-6-7-8-13(4-2)11-17-10-9-14(15,16)12-17/h13H,3-12H2,1-2H3. The largest absolute Gasteiger partial charge is 0.297 e. The van der Waals surface area contributed by atoms with Gasteiger partial charge in [-0.05, 0) is 12.3 Å². The highest BCUT2D eigenvalue weighted by Gasteiger charge is 2.38. The first-order chi connectivity index (χ1) is 8.07. The van der Waals surface area contributed by atoms with Gasteiger partial charge in [0.2, 0.25) is 0 Å². The van der Waals surface area contributed by atoms with Crippen LogP contribution in [0.25, 0.3) is 0 Å². The molecule has 0 aromatic heterocycles. The van der Waals surface area contributed by atoms with Gasteiger partial charge in [0.1, 0.15) is 0 Å². The van der Waals surface area contributed by atoms with Gasteiger partial charge in [0, 0.05) is 19.5 Å². The number of unbranched alkanes of at least 4 members (excludes halogenated alkanes) is 3. The van der Waals surface area contributed by atoms with Gasteiger partial charge in [0.25, 0.3) is 5.92 Å². The molecule has 1 rings (SSSR count). The number of alkyl halides is 2. The van der Waals surface area contributed by atoms with Crippen LogP contribution in [0, 0.1) is 5.92 Å². The Morgan fingerprint density at radius 1 is 1.18 bits per heavy atom. The van der Waals surface area contributed by atoms with Gasteiger partial charge in [-0.2, -0.15) is 0 Å². The van der Waals surface area contributed by atoms with Crippen LogP contribution in [-0.2, 0) is 0 Å². The van der Waals surface area contributed by atoms with Gasteiger partial charge >= 0.3 is 0 Å². The van der Waals surface area contributed by atoms with E-state index in [0.29, 0.717) is 12.5 Å². The van der Waals surface area contributed by atoms with Gasteiger partial charge in [-0.15, -0.1) is 0 Å². The van der Waals surface area contributed by atoms with Crippen molar-refractivity contribution in [2.75, 3.05) is 19.6 Å². The van der Waals surface area contributed by atoms with E-state index < -0.39 is 5.92 Å². The van der Waals surface area contributed by atoms with Crippen LogP contribution in [0.15, 0.2) is 0 Å². The fourth-order valence-electron chi connectivity index (χ4n) is 2.61. The maximum atomic E-state index is 13.1. The number of nitrogens with zero attached hydrogens (tertiary/aromatic N) is 1. The fraction of sp³-hybridized carbons (Fsp3) is 1.00. The summed E-state index contributed by atoms with van der Waals surface area (Å²) in [7, 11) is 0. The number of hydrogen-bond donors (Lipinski definition) is 0. The smallest absolute Gasteiger partial charge is 0.261 e. The monoisotopic (exact) mass is 247 g/mol. The highest BCUT2D eigenvalue weighted by molar-refractivity contribution is 4.82. The summed E-state index contributed by atoms with van der Waals surface area (Å²) in [6, 6.07) is 0. The van der Waals surface area contributed by atoms with Gasteiger partial charge in [0.05, 0.1) is 6.54 Å². The van der Waals surface area contributed by atoms with E-state index in [1.807, 2.05) is 4.90 Å². The lowest BCUT2D eigenvalue weighted by atomic mass is 9.98. The minimum atomic E-state index is -2.43. The van der Waals surface area contributed by atoms with Crippen molar-refractivity contribution in [1.29, 1.82) is 0 Å². The van der Waals surface area contributed by atoms with Gasteiger partial charge in [0.15, 0.2) is 0 Å². The van der Waals surface area contributed by atoms with Crippen LogP contribution in [0.5, 0.6) is 0 Å². The molecule has 1 aliphatic rings. The van der Waals surface area contributed by atoms with Crippen LogP contribution in [0.2, 0.25) is 0 Å². The second-order valence-electron chi connectivity index (χ2n) is 5.46. The Labute approximate surface area is 105 Å². The van der Waals surface area contributed by atoms with Crippen LogP contribution in [-0.4, -0.2) is 30.5 Å². The Morgan fingerprint density at radius 2 is 1.94 bits per heavy atom. The molecule has 1 nitrogen and oxygen atoms in total. The van der Waals surface area contributed by atoms with Gasteiger partial charge in [-0.1, -0.05) is 46.0 Å². The zero-order valence-corrected chi connectivity index (χ0v) is 11.4. The van der Waals surface area contributed by atoms with E-state index in [2.05, 4.69) is 13.8 Å². The summed E-state index contributed by atoms with van der Waals surface area (Å²) in [6.07, 6.45) is 7.50. The third-order valence-electron chi connectivity index (χ3n) is 3.81. The molecule has 0 bridgehead atoms. The molecular formula is C14H27F2N. The predicted octanol–water partition coefficient (Wildman–Crippen LogP) is 4.32. The average Bonchev–Trinajstić information content (AvgIpc) is 2.62. The molecule has 0 amide bonds. The molecule has 1 atom stereocenters. The first-order valence-corrected chi connectivity index (χ1v) is 7.17. The molecule has 0 aliphatic carbocycles. The van der Waals surface area contributed by atoms with Crippen molar-refractivity contribution in [3.8, 4) is 0 Å². The number of halogens is 2. The first-order valence-electron chi connectivity index (χ1n) is 7.17. The summed E-state index contributed by atoms with van der Waals surface area (Å²) in [4.78, 5) is 1.95. The average molecular weight is 247 g/mol. The molecule has 0 radical (unpaired) electrons. The molecule has 17 heavy (non-hydrogen) atoms. The lowest BCUT2D eigenvalue weighted by Crippen LogP contribution is -2.30. The molecule has 1 saturated heterocycles. The Kier molecular flexibility index (Phi) is 6.39. The second-order valence-corrected chi connectivity index (χ2v) is 5.46. The van der Waals surface area contributed by atoms with Crippen molar-refractivity contribution in [3.05, 3.63) is 0 Å². The summed E-state index contributed by atoms with van der Waals surface area (Å²) in [5.41, 5.74) is 0. The highest BCUT2D eigenvalue weighted by Crippen LogP contribution is 2.28. The Hall–Kier alpha value is -0.180. The predicted molar refractivity (Wildman–Crippen MR) is 68.5 cm³/mol. The molecule has 0 aromatic carbocycles. The molecule has 1 unspecified atom stereocenters. The summed E-state index contributed by atoms with van der Waals surface area (Å²) in [5, 5.41) is 0. The summed E-state index contributed by atoms with van der Waals surface area (Å²) in [6.45, 7) is 5.83. The molecule has 0 N–H and O–H groups in total. The van der Waals surface area contributed by atoms with Crippen molar-refractivity contribution >= 4 is 0 Å². The van der Waals surface area contributed by atoms with Crippen LogP contribution in [0.1, 0.15) is 58.8 Å². The summed E-state index contributed by atoms with van der Waals surface area (Å²) < 4.78 is 26.1. The van der Waals surface area contributed by atoms with E-state index in [9.17, 15) is 8.78 Å². The molecular weight excluding hydrogens is 220 g/mol. The lowest BCUT2D eigenvalue weighted by molar-refractivity contribution is 0.0106. The van der Waals surface area contributed by atoms with Crippen molar-refractivity contribution in [2.24, 2.45) is 5.92 Å². The van der Waals surface area contributed by atoms with Crippen molar-refractivity contribution in [2.45, 2.75) is 64.7 Å². The van der Waals surface area contributed by atoms with Crippen LogP contribution in [0.4, 0.5) is 8.78 Å². The first kappa shape index (κ1) is 14.9. The van der Waals surface area contributed by atoms with E-state index >= 15 is 0 Å². The van der Waals surface area contributed by atoms with E-state index in [1.165, 1.54) is 32.1 Å². The minimum Gasteiger partial charge on any atom is -0.297 e. The van der Waals surface area contributed by atoms with Gasteiger partial charge < -0.3 is 0 Å². The number of likely N-dealkylation sites (tertiary alicyclic amines) is 1. The summed E-state index contributed by atoms with van der Waals surface area (Å²) >= 11 is 0. The zero-order chi connectivity index (χ0) is 12.7. The van der Waals surface area contributed by atoms with Crippen molar-refractivity contribution < 1.29 is 8.78 Å². The van der Waals surface area contributed by atoms with Crippen LogP contribution < -0.4 is 0 Å². The van der Waals surface area contributed by atoms with Crippen molar-refractivity contribution in [1.82, 2.24) is 4.90 Å². The van der Waals surface area contributed by atoms with Crippen molar-refractivity contribution in [3.63, 3.8) is 0 Å². The van der Waals surface area contributed by atoms with Gasteiger partial charge in [-0.25, -0.2) is 8.78 Å². The molecule has 1 heterocycles. The highest BCUT2D eigenvalue weighted by atomic mass is 19.3. The zero-order valence-electron chi connectivity index (χ0n) is 11.4. The molecule has 0 spiro atoms. The number of hydrogen-bond acceptors (Lipinski definition) is 1. The molecule has 3 heteroatoms. The summed E-state index contributed by atoms with van der Waals surface area (Å²) in [5.74, 6) is -1.82. The molecule has 0 aromatic rings. The third-order valence-corrected chi connectivity index (χ3v) is 3.81. The lowest BCUT2D eigenvalue weighted by Gasteiger charge is -2.22. The van der Waals surface area contributed by atoms with E-state index in [1.54, 1.807) is 0 Å². The normalized spacial score (nSPS) is 21.9. The molecule has 1 fully saturated rings. The van der Waals surface area contributed by atoms with Crippen LogP contribution in [0.3, 0.4) is 0 Å². The van der Waals surface area contributed by atoms with Crippen LogP contribution >= 0.6 is 0 Å². The molecule has 0 saturated carbocycles. The van der Waals surface area contributed by atoms with E-state index in [-0.39, 0.29) is 13.0 Å². The fourth-order valence-corrected chi connectivity index (χ4v) is 2.61. The van der Waals surface area contributed by atoms with E-state index in [4.69, 9.17) is 0 Å². The topological polar surface area (TPSA) is 3.24 Å². The van der Waals surface area contributed by atoms with Gasteiger partial charge in [-0.3, -0.25) is 4.90 Å². The Bertz CT molecular complexity index is 206. The molecule has 1 aliphatic heterocycles. The Balaban J connectivity index is 2.18. The SMILES string of the molecule is CCCCCCC(CC)CN1CCC(F)(F)C1. The minimum absolute atomic E-state index is 0.0154. The maximum absolute atomic E-state index is 13.1. The van der Waals surface area contributed by atoms with E-state index in [0.717, 1.165) is 13.0 Å².